The Kier molecular flexibility index (Phi) is 2.36. The molecule has 0 unspecified atom stereocenters. The third-order valence-corrected chi connectivity index (χ3v) is 2.61. The molecular formula is C10H11ClN4. The van der Waals surface area contributed by atoms with Crippen molar-refractivity contribution in [2.45, 2.75) is 13.8 Å². The number of nitrogen functional groups attached to an aromatic ring is 1. The third kappa shape index (κ3) is 1.68. The van der Waals surface area contributed by atoms with Crippen LogP contribution in [0.4, 0.5) is 5.82 Å². The quantitative estimate of drug-likeness (QED) is 0.804. The largest absolute Gasteiger partial charge is 0.382 e. The summed E-state index contributed by atoms with van der Waals surface area (Å²) in [6.07, 6.45) is 1.72. The molecule has 2 N–H and O–H groups in total. The summed E-state index contributed by atoms with van der Waals surface area (Å²) in [6.45, 7) is 3.80. The molecule has 5 heteroatoms. The number of halogens is 1. The molecule has 2 heterocycles. The van der Waals surface area contributed by atoms with E-state index in [4.69, 9.17) is 17.3 Å². The summed E-state index contributed by atoms with van der Waals surface area (Å²) in [7, 11) is 0. The number of nitrogens with two attached hydrogens (primary N) is 1. The van der Waals surface area contributed by atoms with Crippen molar-refractivity contribution in [2.24, 2.45) is 0 Å². The Morgan fingerprint density at radius 2 is 2.13 bits per heavy atom. The van der Waals surface area contributed by atoms with Crippen LogP contribution in [0.3, 0.4) is 0 Å². The van der Waals surface area contributed by atoms with Gasteiger partial charge in [-0.25, -0.2) is 4.98 Å². The van der Waals surface area contributed by atoms with Crippen LogP contribution in [0, 0.1) is 13.8 Å². The summed E-state index contributed by atoms with van der Waals surface area (Å²) >= 11 is 5.95. The van der Waals surface area contributed by atoms with Crippen LogP contribution in [-0.2, 0) is 0 Å². The summed E-state index contributed by atoms with van der Waals surface area (Å²) in [5, 5.41) is 4.70. The van der Waals surface area contributed by atoms with Crippen LogP contribution in [0.2, 0.25) is 5.02 Å². The van der Waals surface area contributed by atoms with E-state index in [0.717, 1.165) is 5.56 Å². The average Bonchev–Trinajstić information content (AvgIpc) is 2.46. The zero-order valence-electron chi connectivity index (χ0n) is 8.53. The zero-order valence-corrected chi connectivity index (χ0v) is 9.28. The van der Waals surface area contributed by atoms with Crippen LogP contribution >= 0.6 is 11.6 Å². The zero-order chi connectivity index (χ0) is 11.0. The first-order valence-corrected chi connectivity index (χ1v) is 4.91. The maximum absolute atomic E-state index is 5.95. The van der Waals surface area contributed by atoms with Crippen LogP contribution in [0.5, 0.6) is 0 Å². The van der Waals surface area contributed by atoms with Crippen molar-refractivity contribution in [2.75, 3.05) is 5.73 Å². The Bertz CT molecular complexity index is 504. The Balaban J connectivity index is 2.59. The van der Waals surface area contributed by atoms with Crippen molar-refractivity contribution in [3.05, 3.63) is 34.6 Å². The molecule has 0 bridgehead atoms. The van der Waals surface area contributed by atoms with Gasteiger partial charge in [-0.2, -0.15) is 9.78 Å². The molecule has 0 aromatic carbocycles. The van der Waals surface area contributed by atoms with Crippen molar-refractivity contribution < 1.29 is 0 Å². The topological polar surface area (TPSA) is 56.7 Å². The van der Waals surface area contributed by atoms with Crippen molar-refractivity contribution in [1.29, 1.82) is 0 Å². The molecule has 78 valence electrons. The summed E-state index contributed by atoms with van der Waals surface area (Å²) in [4.78, 5) is 4.19. The molecule has 0 aliphatic carbocycles. The Labute approximate surface area is 92.7 Å². The lowest BCUT2D eigenvalue weighted by Crippen LogP contribution is -2.04. The predicted octanol–water partition coefficient (Wildman–Crippen LogP) is 2.12. The van der Waals surface area contributed by atoms with Crippen LogP contribution in [0.1, 0.15) is 11.3 Å². The molecular weight excluding hydrogens is 212 g/mol. The SMILES string of the molecule is Cc1ccnc(-n2nc(C)c(Cl)c2N)c1. The predicted molar refractivity (Wildman–Crippen MR) is 60.3 cm³/mol. The smallest absolute Gasteiger partial charge is 0.155 e. The first kappa shape index (κ1) is 9.98. The van der Waals surface area contributed by atoms with Crippen molar-refractivity contribution in [3.8, 4) is 5.82 Å². The minimum absolute atomic E-state index is 0.423. The van der Waals surface area contributed by atoms with E-state index in [-0.39, 0.29) is 0 Å². The normalized spacial score (nSPS) is 10.6. The van der Waals surface area contributed by atoms with Crippen LogP contribution in [0.25, 0.3) is 5.82 Å². The van der Waals surface area contributed by atoms with Gasteiger partial charge < -0.3 is 5.73 Å². The van der Waals surface area contributed by atoms with Gasteiger partial charge in [0.05, 0.1) is 5.69 Å². The minimum Gasteiger partial charge on any atom is -0.382 e. The number of hydrogen-bond donors (Lipinski definition) is 1. The third-order valence-electron chi connectivity index (χ3n) is 2.14. The number of anilines is 1. The highest BCUT2D eigenvalue weighted by molar-refractivity contribution is 6.33. The fraction of sp³-hybridized carbons (Fsp3) is 0.200. The highest BCUT2D eigenvalue weighted by Gasteiger charge is 2.11. The molecule has 2 aromatic heterocycles. The maximum atomic E-state index is 5.95. The van der Waals surface area contributed by atoms with E-state index in [0.29, 0.717) is 22.4 Å². The average molecular weight is 223 g/mol. The molecule has 4 nitrogen and oxygen atoms in total. The molecule has 15 heavy (non-hydrogen) atoms. The second-order valence-electron chi connectivity index (χ2n) is 3.39. The molecule has 0 saturated heterocycles. The van der Waals surface area contributed by atoms with Gasteiger partial charge in [0.15, 0.2) is 5.82 Å². The molecule has 0 saturated carbocycles. The molecule has 0 fully saturated rings. The number of hydrogen-bond acceptors (Lipinski definition) is 3. The van der Waals surface area contributed by atoms with Crippen molar-refractivity contribution in [3.63, 3.8) is 0 Å². The van der Waals surface area contributed by atoms with Gasteiger partial charge in [0.1, 0.15) is 10.8 Å². The Morgan fingerprint density at radius 1 is 1.40 bits per heavy atom. The van der Waals surface area contributed by atoms with E-state index in [1.807, 2.05) is 26.0 Å². The highest BCUT2D eigenvalue weighted by atomic mass is 35.5. The summed E-state index contributed by atoms with van der Waals surface area (Å²) < 4.78 is 1.55. The molecule has 2 rings (SSSR count). The first-order valence-electron chi connectivity index (χ1n) is 4.53. The van der Waals surface area contributed by atoms with Gasteiger partial charge in [0.25, 0.3) is 0 Å². The van der Waals surface area contributed by atoms with Crippen molar-refractivity contribution >= 4 is 17.4 Å². The van der Waals surface area contributed by atoms with E-state index in [1.54, 1.807) is 10.9 Å². The lowest BCUT2D eigenvalue weighted by atomic mass is 10.3. The van der Waals surface area contributed by atoms with E-state index in [9.17, 15) is 0 Å². The number of rotatable bonds is 1. The second-order valence-corrected chi connectivity index (χ2v) is 3.77. The number of aromatic nitrogens is 3. The van der Waals surface area contributed by atoms with E-state index in [1.165, 1.54) is 0 Å². The van der Waals surface area contributed by atoms with Gasteiger partial charge in [0, 0.05) is 6.20 Å². The molecule has 0 atom stereocenters. The Hall–Kier alpha value is -1.55. The van der Waals surface area contributed by atoms with Crippen molar-refractivity contribution in [1.82, 2.24) is 14.8 Å². The minimum atomic E-state index is 0.423. The van der Waals surface area contributed by atoms with E-state index < -0.39 is 0 Å². The summed E-state index contributed by atoms with van der Waals surface area (Å²) in [5.41, 5.74) is 7.62. The lowest BCUT2D eigenvalue weighted by Gasteiger charge is -2.03. The number of pyridine rings is 1. The summed E-state index contributed by atoms with van der Waals surface area (Å²) in [5.74, 6) is 1.11. The van der Waals surface area contributed by atoms with Gasteiger partial charge in [-0.05, 0) is 31.5 Å². The lowest BCUT2D eigenvalue weighted by molar-refractivity contribution is 0.840. The monoisotopic (exact) mass is 222 g/mol. The van der Waals surface area contributed by atoms with E-state index >= 15 is 0 Å². The molecule has 0 radical (unpaired) electrons. The van der Waals surface area contributed by atoms with Crippen LogP contribution in [-0.4, -0.2) is 14.8 Å². The van der Waals surface area contributed by atoms with Gasteiger partial charge in [0.2, 0.25) is 0 Å². The molecule has 0 aliphatic heterocycles. The molecule has 0 amide bonds. The van der Waals surface area contributed by atoms with Crippen LogP contribution in [0.15, 0.2) is 18.3 Å². The Morgan fingerprint density at radius 3 is 2.67 bits per heavy atom. The number of nitrogens with zero attached hydrogens (tertiary/aromatic N) is 3. The van der Waals surface area contributed by atoms with Crippen LogP contribution < -0.4 is 5.73 Å². The maximum Gasteiger partial charge on any atom is 0.155 e. The van der Waals surface area contributed by atoms with Gasteiger partial charge in [-0.15, -0.1) is 0 Å². The highest BCUT2D eigenvalue weighted by Crippen LogP contribution is 2.24. The fourth-order valence-electron chi connectivity index (χ4n) is 1.34. The second kappa shape index (κ2) is 3.55. The molecule has 2 aromatic rings. The standard InChI is InChI=1S/C10H11ClN4/c1-6-3-4-13-8(5-6)15-10(12)9(11)7(2)14-15/h3-5H,12H2,1-2H3. The molecule has 0 aliphatic rings. The first-order chi connectivity index (χ1) is 7.09. The summed E-state index contributed by atoms with van der Waals surface area (Å²) in [6, 6.07) is 3.82. The van der Waals surface area contributed by atoms with E-state index in [2.05, 4.69) is 10.1 Å². The van der Waals surface area contributed by atoms with Gasteiger partial charge in [-0.3, -0.25) is 0 Å². The van der Waals surface area contributed by atoms with Gasteiger partial charge in [-0.1, -0.05) is 11.6 Å². The molecule has 0 spiro atoms. The van der Waals surface area contributed by atoms with Gasteiger partial charge >= 0.3 is 0 Å². The fourth-order valence-corrected chi connectivity index (χ4v) is 1.45. The number of aryl methyl sites for hydroxylation is 2.